The number of amidine groups is 2. The van der Waals surface area contributed by atoms with Crippen molar-refractivity contribution in [1.82, 2.24) is 20.6 Å². The Balaban J connectivity index is 1.08. The summed E-state index contributed by atoms with van der Waals surface area (Å²) < 4.78 is 0. The van der Waals surface area contributed by atoms with Crippen LogP contribution in [0.3, 0.4) is 0 Å². The highest BCUT2D eigenvalue weighted by Gasteiger charge is 2.14. The highest BCUT2D eigenvalue weighted by Crippen LogP contribution is 2.20. The second kappa shape index (κ2) is 14.0. The number of thioether (sulfide) groups is 2. The van der Waals surface area contributed by atoms with Crippen LogP contribution in [0.25, 0.3) is 21.8 Å². The fourth-order valence-corrected chi connectivity index (χ4v) is 5.79. The number of aromatic nitrogens is 2. The number of carbonyl (C=O) groups is 2. The molecule has 0 spiro atoms. The van der Waals surface area contributed by atoms with Crippen LogP contribution in [0, 0.1) is 16.2 Å². The number of amides is 2. The van der Waals surface area contributed by atoms with Crippen molar-refractivity contribution in [1.29, 1.82) is 16.2 Å². The number of hydrogen-bond acceptors (Lipinski definition) is 8. The van der Waals surface area contributed by atoms with Crippen molar-refractivity contribution >= 4 is 72.5 Å². The summed E-state index contributed by atoms with van der Waals surface area (Å²) in [4.78, 5) is 31.0. The van der Waals surface area contributed by atoms with Gasteiger partial charge in [0.25, 0.3) is 0 Å². The molecule has 0 aliphatic rings. The molecule has 2 aromatic heterocycles. The molecular weight excluding hydrogens is 544 g/mol. The number of nitrogens with two attached hydrogens (primary N) is 1. The molecule has 1 atom stereocenters. The topological polar surface area (TPSA) is 187 Å². The maximum atomic E-state index is 12.4. The van der Waals surface area contributed by atoms with E-state index in [1.54, 1.807) is 0 Å². The van der Waals surface area contributed by atoms with Gasteiger partial charge in [-0.3, -0.25) is 25.8 Å². The third kappa shape index (κ3) is 8.31. The number of H-pyrrole nitrogens is 2. The Labute approximate surface area is 240 Å². The van der Waals surface area contributed by atoms with Crippen molar-refractivity contribution in [3.05, 3.63) is 72.1 Å². The van der Waals surface area contributed by atoms with E-state index in [4.69, 9.17) is 22.0 Å². The summed E-state index contributed by atoms with van der Waals surface area (Å²) in [6, 6.07) is 15.3. The van der Waals surface area contributed by atoms with Gasteiger partial charge in [0.1, 0.15) is 0 Å². The van der Waals surface area contributed by atoms with Crippen molar-refractivity contribution in [3.8, 4) is 0 Å². The molecule has 2 aromatic carbocycles. The summed E-state index contributed by atoms with van der Waals surface area (Å²) in [7, 11) is 0. The normalized spacial score (nSPS) is 11.8. The van der Waals surface area contributed by atoms with Gasteiger partial charge in [-0.25, -0.2) is 0 Å². The van der Waals surface area contributed by atoms with Gasteiger partial charge < -0.3 is 26.3 Å². The Morgan fingerprint density at radius 1 is 0.800 bits per heavy atom. The molecule has 1 unspecified atom stereocenters. The minimum Gasteiger partial charge on any atom is -0.361 e. The van der Waals surface area contributed by atoms with Crippen molar-refractivity contribution in [2.45, 2.75) is 43.9 Å². The zero-order valence-corrected chi connectivity index (χ0v) is 23.4. The van der Waals surface area contributed by atoms with Crippen molar-refractivity contribution < 1.29 is 9.59 Å². The van der Waals surface area contributed by atoms with Gasteiger partial charge in [-0.1, -0.05) is 42.4 Å². The lowest BCUT2D eigenvalue weighted by molar-refractivity contribution is -0.119. The number of hydrogen-bond donors (Lipinski definition) is 8. The minimum atomic E-state index is -0.357. The van der Waals surface area contributed by atoms with E-state index in [0.717, 1.165) is 62.9 Å². The van der Waals surface area contributed by atoms with Gasteiger partial charge >= 0.3 is 0 Å². The van der Waals surface area contributed by atoms with Gasteiger partial charge in [0.2, 0.25) is 11.8 Å². The van der Waals surface area contributed by atoms with Crippen LogP contribution >= 0.6 is 23.5 Å². The molecule has 0 radical (unpaired) electrons. The molecule has 0 saturated carbocycles. The number of nitrogens with one attached hydrogen (secondary N) is 7. The maximum absolute atomic E-state index is 12.4. The van der Waals surface area contributed by atoms with E-state index in [9.17, 15) is 9.59 Å². The van der Waals surface area contributed by atoms with Gasteiger partial charge in [0.15, 0.2) is 10.3 Å². The zero-order valence-electron chi connectivity index (χ0n) is 21.8. The fraction of sp³-hybridized carbons (Fsp3) is 0.250. The van der Waals surface area contributed by atoms with Gasteiger partial charge in [-0.2, -0.15) is 0 Å². The van der Waals surface area contributed by atoms with Crippen LogP contribution < -0.4 is 16.4 Å². The predicted molar refractivity (Wildman–Crippen MR) is 165 cm³/mol. The smallest absolute Gasteiger partial charge is 0.230 e. The van der Waals surface area contributed by atoms with Crippen molar-refractivity contribution in [2.75, 3.05) is 0 Å². The van der Waals surface area contributed by atoms with Gasteiger partial charge in [-0.15, -0.1) is 0 Å². The molecule has 4 rings (SSSR count). The standard InChI is InChI=1S/C28H32N8O2S2/c29-23(39-27(31)35-25(37)15-17-5-3-7-21-19(17)11-13-33-21)9-1-2-10-24(30)40-28(32)36-26(38)16-18-6-4-8-22-20(18)12-14-34-22/h3-8,11-14,23,30,33-34H,1-2,9-10,15-16,29H2,(H2,31,35,37)(H2,32,36,38). The zero-order chi connectivity index (χ0) is 28.5. The van der Waals surface area contributed by atoms with E-state index >= 15 is 0 Å². The highest BCUT2D eigenvalue weighted by atomic mass is 32.2. The first-order chi connectivity index (χ1) is 19.3. The summed E-state index contributed by atoms with van der Waals surface area (Å²) in [6.07, 6.45) is 6.48. The van der Waals surface area contributed by atoms with Gasteiger partial charge in [0, 0.05) is 34.2 Å². The van der Waals surface area contributed by atoms with Crippen LogP contribution in [0.15, 0.2) is 60.9 Å². The van der Waals surface area contributed by atoms with Crippen molar-refractivity contribution in [3.63, 3.8) is 0 Å². The number of aromatic amines is 2. The first-order valence-corrected chi connectivity index (χ1v) is 14.5. The first-order valence-electron chi connectivity index (χ1n) is 12.8. The second-order valence-electron chi connectivity index (χ2n) is 9.25. The van der Waals surface area contributed by atoms with Gasteiger partial charge in [-0.05, 0) is 66.4 Å². The summed E-state index contributed by atoms with van der Waals surface area (Å²) in [6.45, 7) is 0. The lowest BCUT2D eigenvalue weighted by atomic mass is 10.1. The van der Waals surface area contributed by atoms with E-state index in [0.29, 0.717) is 19.3 Å². The Kier molecular flexibility index (Phi) is 10.2. The van der Waals surface area contributed by atoms with Crippen LogP contribution in [0.1, 0.15) is 36.8 Å². The molecule has 0 fully saturated rings. The van der Waals surface area contributed by atoms with Crippen LogP contribution in [0.4, 0.5) is 0 Å². The van der Waals surface area contributed by atoms with Crippen LogP contribution in [-0.4, -0.2) is 42.5 Å². The maximum Gasteiger partial charge on any atom is 0.230 e. The Bertz CT molecular complexity index is 1540. The highest BCUT2D eigenvalue weighted by molar-refractivity contribution is 8.26. The van der Waals surface area contributed by atoms with Crippen LogP contribution in [0.5, 0.6) is 0 Å². The fourth-order valence-electron chi connectivity index (χ4n) is 4.37. The lowest BCUT2D eigenvalue weighted by Gasteiger charge is -2.13. The minimum absolute atomic E-state index is 0.0129. The summed E-state index contributed by atoms with van der Waals surface area (Å²) in [5.74, 6) is -0.557. The molecule has 40 heavy (non-hydrogen) atoms. The molecule has 9 N–H and O–H groups in total. The number of rotatable bonds is 10. The van der Waals surface area contributed by atoms with E-state index in [1.807, 2.05) is 60.9 Å². The lowest BCUT2D eigenvalue weighted by Crippen LogP contribution is -2.32. The molecule has 10 nitrogen and oxygen atoms in total. The van der Waals surface area contributed by atoms with E-state index < -0.39 is 0 Å². The largest absolute Gasteiger partial charge is 0.361 e. The average Bonchev–Trinajstić information content (AvgIpc) is 3.57. The molecule has 0 bridgehead atoms. The Morgan fingerprint density at radius 2 is 1.35 bits per heavy atom. The number of unbranched alkanes of at least 4 members (excludes halogenated alkanes) is 1. The summed E-state index contributed by atoms with van der Waals surface area (Å²) in [5, 5.41) is 31.2. The first kappa shape index (κ1) is 29.1. The molecule has 208 valence electrons. The molecule has 0 aliphatic carbocycles. The third-order valence-electron chi connectivity index (χ3n) is 6.22. The molecular formula is C28H32N8O2S2. The number of benzene rings is 2. The van der Waals surface area contributed by atoms with Crippen molar-refractivity contribution in [2.24, 2.45) is 5.73 Å². The van der Waals surface area contributed by atoms with E-state index in [1.165, 1.54) is 0 Å². The SMILES string of the molecule is N=C(CCCCC(N)SC(=N)NC(=O)Cc1cccc2[nH]ccc12)SC(=N)NC(=O)Cc1cccc2[nH]ccc12. The summed E-state index contributed by atoms with van der Waals surface area (Å²) >= 11 is 2.03. The number of carbonyl (C=O) groups excluding carboxylic acids is 2. The molecule has 4 aromatic rings. The predicted octanol–water partition coefficient (Wildman–Crippen LogP) is 4.83. The quantitative estimate of drug-likeness (QED) is 0.0580. The third-order valence-corrected chi connectivity index (χ3v) is 7.85. The van der Waals surface area contributed by atoms with E-state index in [2.05, 4.69) is 20.6 Å². The van der Waals surface area contributed by atoms with Crippen LogP contribution in [0.2, 0.25) is 0 Å². The molecule has 2 heterocycles. The average molecular weight is 577 g/mol. The molecule has 2 amide bonds. The van der Waals surface area contributed by atoms with Gasteiger partial charge in [0.05, 0.1) is 23.3 Å². The molecule has 12 heteroatoms. The number of fused-ring (bicyclic) bond motifs is 2. The molecule has 0 saturated heterocycles. The Hall–Kier alpha value is -3.87. The van der Waals surface area contributed by atoms with Crippen LogP contribution in [-0.2, 0) is 22.4 Å². The second-order valence-corrected chi connectivity index (χ2v) is 11.6. The van der Waals surface area contributed by atoms with E-state index in [-0.39, 0.29) is 45.4 Å². The Morgan fingerprint density at radius 3 is 1.93 bits per heavy atom. The summed E-state index contributed by atoms with van der Waals surface area (Å²) in [5.41, 5.74) is 9.82. The monoisotopic (exact) mass is 576 g/mol. The molecule has 0 aliphatic heterocycles.